The largest absolute Gasteiger partial charge is 0.481 e. The quantitative estimate of drug-likeness (QED) is 0.0137. The Morgan fingerprint density at radius 2 is 1.44 bits per heavy atom. The molecule has 2 fully saturated rings. The number of esters is 2. The highest BCUT2D eigenvalue weighted by molar-refractivity contribution is 7.61. The Morgan fingerprint density at radius 1 is 0.803 bits per heavy atom. The van der Waals surface area contributed by atoms with Crippen LogP contribution in [0.2, 0.25) is 0 Å². The Hall–Kier alpha value is -2.54. The summed E-state index contributed by atoms with van der Waals surface area (Å²) in [6, 6.07) is 1.25. The van der Waals surface area contributed by atoms with Crippen LogP contribution in [0.5, 0.6) is 0 Å². The molecule has 2 saturated heterocycles. The van der Waals surface area contributed by atoms with Crippen molar-refractivity contribution in [3.63, 3.8) is 0 Å². The van der Waals surface area contributed by atoms with Crippen LogP contribution in [-0.4, -0.2) is 97.9 Å². The van der Waals surface area contributed by atoms with Crippen molar-refractivity contribution in [2.24, 2.45) is 5.92 Å². The number of nitrogens with zero attached hydrogens (tertiary/aromatic N) is 2. The molecule has 0 saturated carbocycles. The van der Waals surface area contributed by atoms with Crippen molar-refractivity contribution in [1.82, 2.24) is 9.55 Å². The number of allylic oxidation sites excluding steroid dienone is 1. The standard InChI is InChI=1S/C45H79N3O16P2/c1-4-6-7-8-15-20-25-36-37(62-36)26-21-16-13-18-22-27-40(49)58-31-35(61-41(50)28-23-17-12-10-9-11-14-19-24-34(3)5-2)32-59-65(54,55)64-66(56,57)60-33-38-42(51)43(52)44(63-38)48-30-29-39(46)47-45(48)53/h15,20,29-30,34-38,42-44,51-52H,4-14,16-19,21-28,31-33H2,1-3H3,(H,54,55)(H,56,57)(H2,46,47,53)/b20-15-/t34?,35-,36?,37?,38-,42-,43-,44-/m1/s1. The molecule has 6 N–H and O–H groups in total. The highest BCUT2D eigenvalue weighted by Gasteiger charge is 2.46. The number of hydrogen-bond donors (Lipinski definition) is 5. The van der Waals surface area contributed by atoms with Gasteiger partial charge in [-0.2, -0.15) is 9.29 Å². The van der Waals surface area contributed by atoms with Crippen molar-refractivity contribution in [2.45, 2.75) is 211 Å². The molecule has 0 amide bonds. The minimum Gasteiger partial charge on any atom is -0.462 e. The number of hydrogen-bond acceptors (Lipinski definition) is 16. The molecule has 0 aliphatic carbocycles. The minimum atomic E-state index is -5.42. The second kappa shape index (κ2) is 31.6. The van der Waals surface area contributed by atoms with Gasteiger partial charge in [0.05, 0.1) is 25.4 Å². The highest BCUT2D eigenvalue weighted by atomic mass is 31.3. The number of carbonyl (C=O) groups is 2. The van der Waals surface area contributed by atoms with Gasteiger partial charge in [-0.1, -0.05) is 129 Å². The first kappa shape index (κ1) is 57.8. The van der Waals surface area contributed by atoms with Gasteiger partial charge in [-0.15, -0.1) is 0 Å². The van der Waals surface area contributed by atoms with Crippen LogP contribution >= 0.6 is 15.6 Å². The van der Waals surface area contributed by atoms with Gasteiger partial charge < -0.3 is 44.7 Å². The first-order chi connectivity index (χ1) is 31.5. The van der Waals surface area contributed by atoms with E-state index >= 15 is 0 Å². The van der Waals surface area contributed by atoms with Crippen LogP contribution in [0.15, 0.2) is 29.2 Å². The number of aliphatic hydroxyl groups excluding tert-OH is 2. The molecule has 2 aliphatic rings. The van der Waals surface area contributed by atoms with E-state index in [9.17, 15) is 43.5 Å². The number of nitrogen functional groups attached to an aromatic ring is 1. The number of aromatic nitrogens is 2. The van der Waals surface area contributed by atoms with Crippen LogP contribution in [-0.2, 0) is 51.0 Å². The van der Waals surface area contributed by atoms with E-state index in [1.165, 1.54) is 57.4 Å². The second-order valence-corrected chi connectivity index (χ2v) is 20.6. The summed E-state index contributed by atoms with van der Waals surface area (Å²) < 4.78 is 62.5. The zero-order chi connectivity index (χ0) is 48.4. The van der Waals surface area contributed by atoms with Gasteiger partial charge in [-0.3, -0.25) is 23.2 Å². The fourth-order valence-corrected chi connectivity index (χ4v) is 9.64. The fourth-order valence-electron chi connectivity index (χ4n) is 7.53. The van der Waals surface area contributed by atoms with Crippen molar-refractivity contribution in [3.05, 3.63) is 34.9 Å². The lowest BCUT2D eigenvalue weighted by atomic mass is 9.99. The molecule has 380 valence electrons. The third-order valence-electron chi connectivity index (χ3n) is 11.8. The van der Waals surface area contributed by atoms with Crippen LogP contribution < -0.4 is 11.4 Å². The van der Waals surface area contributed by atoms with Crippen LogP contribution in [0.3, 0.4) is 0 Å². The molecule has 66 heavy (non-hydrogen) atoms. The van der Waals surface area contributed by atoms with E-state index in [-0.39, 0.29) is 18.7 Å². The van der Waals surface area contributed by atoms with E-state index in [0.717, 1.165) is 87.3 Å². The lowest BCUT2D eigenvalue weighted by Crippen LogP contribution is -2.36. The van der Waals surface area contributed by atoms with E-state index in [4.69, 9.17) is 33.7 Å². The summed E-state index contributed by atoms with van der Waals surface area (Å²) >= 11 is 0. The Labute approximate surface area is 390 Å². The maximum Gasteiger partial charge on any atom is 0.481 e. The third-order valence-corrected chi connectivity index (χ3v) is 14.4. The maximum atomic E-state index is 12.8. The van der Waals surface area contributed by atoms with E-state index in [1.807, 2.05) is 0 Å². The number of anilines is 1. The Balaban J connectivity index is 1.41. The number of phosphoric acid groups is 2. The molecule has 0 spiro atoms. The number of unbranched alkanes of at least 4 members (excludes halogenated alkanes) is 14. The van der Waals surface area contributed by atoms with Crippen molar-refractivity contribution in [3.8, 4) is 0 Å². The molecule has 0 bridgehead atoms. The number of ether oxygens (including phenoxy) is 4. The van der Waals surface area contributed by atoms with Crippen molar-refractivity contribution in [2.75, 3.05) is 25.6 Å². The zero-order valence-corrected chi connectivity index (χ0v) is 41.2. The molecule has 2 aliphatic heterocycles. The van der Waals surface area contributed by atoms with Gasteiger partial charge in [0.1, 0.15) is 30.7 Å². The van der Waals surface area contributed by atoms with Gasteiger partial charge in [0.25, 0.3) is 0 Å². The molecule has 3 rings (SSSR count). The first-order valence-electron chi connectivity index (χ1n) is 24.2. The normalized spacial score (nSPS) is 23.3. The van der Waals surface area contributed by atoms with Gasteiger partial charge in [0.2, 0.25) is 0 Å². The lowest BCUT2D eigenvalue weighted by Gasteiger charge is -2.21. The summed E-state index contributed by atoms with van der Waals surface area (Å²) in [5.41, 5.74) is 4.58. The van der Waals surface area contributed by atoms with E-state index < -0.39 is 83.7 Å². The number of rotatable bonds is 38. The molecule has 19 nitrogen and oxygen atoms in total. The summed E-state index contributed by atoms with van der Waals surface area (Å²) in [5.74, 6) is -0.555. The number of nitrogens with two attached hydrogens (primary N) is 1. The van der Waals surface area contributed by atoms with E-state index in [0.29, 0.717) is 25.0 Å². The van der Waals surface area contributed by atoms with Gasteiger partial charge >= 0.3 is 33.3 Å². The maximum absolute atomic E-state index is 12.8. The summed E-state index contributed by atoms with van der Waals surface area (Å²) in [7, 11) is -10.8. The number of epoxide rings is 1. The molecule has 0 radical (unpaired) electrons. The molecular weight excluding hydrogens is 900 g/mol. The van der Waals surface area contributed by atoms with Crippen molar-refractivity contribution >= 4 is 33.4 Å². The average molecular weight is 980 g/mol. The minimum absolute atomic E-state index is 0.0458. The summed E-state index contributed by atoms with van der Waals surface area (Å²) in [5, 5.41) is 20.9. The van der Waals surface area contributed by atoms with Crippen molar-refractivity contribution < 1.29 is 71.0 Å². The van der Waals surface area contributed by atoms with Crippen LogP contribution in [0.25, 0.3) is 0 Å². The molecule has 1 aromatic rings. The van der Waals surface area contributed by atoms with Crippen molar-refractivity contribution in [1.29, 1.82) is 0 Å². The smallest absolute Gasteiger partial charge is 0.462 e. The Morgan fingerprint density at radius 3 is 2.11 bits per heavy atom. The number of phosphoric ester groups is 2. The van der Waals surface area contributed by atoms with E-state index in [2.05, 4.69) is 42.2 Å². The lowest BCUT2D eigenvalue weighted by molar-refractivity contribution is -0.161. The monoisotopic (exact) mass is 979 g/mol. The van der Waals surface area contributed by atoms with Crippen LogP contribution in [0.4, 0.5) is 5.82 Å². The fraction of sp³-hybridized carbons (Fsp3) is 0.822. The molecular formula is C45H79N3O16P2. The van der Waals surface area contributed by atoms with Gasteiger partial charge in [0.15, 0.2) is 12.3 Å². The number of aliphatic hydroxyl groups is 2. The molecule has 21 heteroatoms. The first-order valence-corrected chi connectivity index (χ1v) is 27.2. The summed E-state index contributed by atoms with van der Waals surface area (Å²) in [4.78, 5) is 61.8. The van der Waals surface area contributed by atoms with Crippen LogP contribution in [0.1, 0.15) is 175 Å². The van der Waals surface area contributed by atoms with Gasteiger partial charge in [0, 0.05) is 19.0 Å². The Kier molecular flexibility index (Phi) is 27.6. The van der Waals surface area contributed by atoms with Crippen LogP contribution in [0, 0.1) is 5.92 Å². The summed E-state index contributed by atoms with van der Waals surface area (Å²) in [6.45, 7) is 4.38. The predicted molar refractivity (Wildman–Crippen MR) is 247 cm³/mol. The highest BCUT2D eigenvalue weighted by Crippen LogP contribution is 2.60. The third kappa shape index (κ3) is 24.1. The topological polar surface area (TPSA) is 278 Å². The zero-order valence-electron chi connectivity index (χ0n) is 39.4. The molecule has 3 heterocycles. The second-order valence-electron chi connectivity index (χ2n) is 17.6. The average Bonchev–Trinajstić information content (AvgIpc) is 3.96. The Bertz CT molecular complexity index is 1740. The summed E-state index contributed by atoms with van der Waals surface area (Å²) in [6.07, 6.45) is 20.4. The predicted octanol–water partition coefficient (Wildman–Crippen LogP) is 8.12. The molecule has 1 aromatic heterocycles. The van der Waals surface area contributed by atoms with Gasteiger partial charge in [-0.25, -0.2) is 13.9 Å². The number of carbonyl (C=O) groups excluding carboxylic acids is 2. The molecule has 10 atom stereocenters. The molecule has 0 aromatic carbocycles. The molecule has 5 unspecified atom stereocenters. The SMILES string of the molecule is CCCCC/C=C\CC1OC1CCCCCCCC(=O)OC[C@H](COP(=O)(O)OP(=O)(O)OC[C@H]1O[C@@H](n2ccc(N)nc2=O)[C@H](O)[C@@H]1O)OC(=O)CCCCCCCCCCC(C)CC. The van der Waals surface area contributed by atoms with E-state index in [1.54, 1.807) is 0 Å². The van der Waals surface area contributed by atoms with Gasteiger partial charge in [-0.05, 0) is 50.5 Å².